The van der Waals surface area contributed by atoms with Crippen molar-refractivity contribution in [2.45, 2.75) is 32.3 Å². The highest BCUT2D eigenvalue weighted by Gasteiger charge is 2.25. The number of anilines is 1. The molecule has 30 heavy (non-hydrogen) atoms. The first-order chi connectivity index (χ1) is 14.5. The highest BCUT2D eigenvalue weighted by molar-refractivity contribution is 7.23. The number of aliphatic hydroxyl groups is 1. The monoisotopic (exact) mass is 423 g/mol. The van der Waals surface area contributed by atoms with Crippen molar-refractivity contribution < 1.29 is 5.11 Å². The van der Waals surface area contributed by atoms with E-state index in [1.807, 2.05) is 36.9 Å². The zero-order chi connectivity index (χ0) is 20.9. The van der Waals surface area contributed by atoms with E-state index in [1.54, 1.807) is 0 Å². The molecule has 0 bridgehead atoms. The molecule has 0 unspecified atom stereocenters. The summed E-state index contributed by atoms with van der Waals surface area (Å²) in [6.45, 7) is 8.22. The molecule has 0 spiro atoms. The Balaban J connectivity index is 1.57. The third-order valence-corrected chi connectivity index (χ3v) is 7.72. The summed E-state index contributed by atoms with van der Waals surface area (Å²) < 4.78 is 3.20. The third-order valence-electron chi connectivity index (χ3n) is 6.53. The lowest BCUT2D eigenvalue weighted by Crippen LogP contribution is -2.43. The quantitative estimate of drug-likeness (QED) is 0.450. The molecule has 0 aliphatic carbocycles. The Bertz CT molecular complexity index is 1190. The van der Waals surface area contributed by atoms with Crippen LogP contribution in [0.4, 0.5) is 5.00 Å². The Morgan fingerprint density at radius 3 is 2.63 bits per heavy atom. The second kappa shape index (κ2) is 7.41. The standard InChI is InChI=1S/C23H29N5OS/c1-4-23(29,5-2)16-7-6-15-12-18(25-17(15)13-16)21-22-19(27(3)26-21)14-20(30-22)28-10-8-24-9-11-28/h6-7,12-14,24-25,29H,4-5,8-11H2,1-3H3. The molecule has 7 heteroatoms. The van der Waals surface area contributed by atoms with E-state index < -0.39 is 5.60 Å². The Morgan fingerprint density at radius 1 is 1.13 bits per heavy atom. The summed E-state index contributed by atoms with van der Waals surface area (Å²) in [4.78, 5) is 6.02. The Labute approximate surface area is 180 Å². The number of nitrogens with one attached hydrogen (secondary N) is 2. The lowest BCUT2D eigenvalue weighted by Gasteiger charge is -2.27. The van der Waals surface area contributed by atoms with Crippen LogP contribution in [0.5, 0.6) is 0 Å². The van der Waals surface area contributed by atoms with Gasteiger partial charge in [0.15, 0.2) is 0 Å². The lowest BCUT2D eigenvalue weighted by atomic mass is 9.88. The van der Waals surface area contributed by atoms with Crippen molar-refractivity contribution in [1.29, 1.82) is 0 Å². The zero-order valence-corrected chi connectivity index (χ0v) is 18.6. The normalized spacial score (nSPS) is 15.5. The molecule has 5 rings (SSSR count). The smallest absolute Gasteiger partial charge is 0.126 e. The Kier molecular flexibility index (Phi) is 4.84. The van der Waals surface area contributed by atoms with Gasteiger partial charge in [-0.3, -0.25) is 4.68 Å². The van der Waals surface area contributed by atoms with E-state index in [-0.39, 0.29) is 0 Å². The molecule has 0 atom stereocenters. The van der Waals surface area contributed by atoms with Crippen LogP contribution in [0.2, 0.25) is 0 Å². The summed E-state index contributed by atoms with van der Waals surface area (Å²) in [6.07, 6.45) is 1.40. The number of benzene rings is 1. The van der Waals surface area contributed by atoms with Crippen LogP contribution in [0.3, 0.4) is 0 Å². The van der Waals surface area contributed by atoms with Gasteiger partial charge in [0.25, 0.3) is 0 Å². The molecular formula is C23H29N5OS. The minimum Gasteiger partial charge on any atom is -0.385 e. The molecular weight excluding hydrogens is 394 g/mol. The van der Waals surface area contributed by atoms with Crippen LogP contribution >= 0.6 is 11.3 Å². The van der Waals surface area contributed by atoms with Gasteiger partial charge in [0.1, 0.15) is 5.69 Å². The molecule has 1 aromatic carbocycles. The fraction of sp³-hybridized carbons (Fsp3) is 0.435. The number of rotatable bonds is 5. The van der Waals surface area contributed by atoms with Gasteiger partial charge in [-0.1, -0.05) is 26.0 Å². The number of aromatic nitrogens is 3. The van der Waals surface area contributed by atoms with E-state index >= 15 is 0 Å². The topological polar surface area (TPSA) is 69.1 Å². The molecule has 158 valence electrons. The summed E-state index contributed by atoms with van der Waals surface area (Å²) in [5.41, 5.74) is 4.44. The highest BCUT2D eigenvalue weighted by Crippen LogP contribution is 2.39. The average molecular weight is 424 g/mol. The number of piperazine rings is 1. The van der Waals surface area contributed by atoms with Crippen molar-refractivity contribution in [3.05, 3.63) is 35.9 Å². The molecule has 0 saturated carbocycles. The van der Waals surface area contributed by atoms with Gasteiger partial charge in [0.2, 0.25) is 0 Å². The first-order valence-electron chi connectivity index (χ1n) is 10.8. The number of hydrogen-bond donors (Lipinski definition) is 3. The van der Waals surface area contributed by atoms with Crippen LogP contribution < -0.4 is 10.2 Å². The number of fused-ring (bicyclic) bond motifs is 2. The van der Waals surface area contributed by atoms with Crippen molar-refractivity contribution in [1.82, 2.24) is 20.1 Å². The first-order valence-corrected chi connectivity index (χ1v) is 11.6. The largest absolute Gasteiger partial charge is 0.385 e. The second-order valence-corrected chi connectivity index (χ2v) is 9.26. The molecule has 1 aliphatic rings. The maximum absolute atomic E-state index is 10.9. The predicted molar refractivity (Wildman–Crippen MR) is 125 cm³/mol. The van der Waals surface area contributed by atoms with E-state index in [0.29, 0.717) is 12.8 Å². The fourth-order valence-corrected chi connectivity index (χ4v) is 5.68. The van der Waals surface area contributed by atoms with Gasteiger partial charge in [-0.25, -0.2) is 0 Å². The van der Waals surface area contributed by atoms with Crippen LogP contribution in [-0.4, -0.2) is 46.1 Å². The third kappa shape index (κ3) is 3.12. The molecule has 1 saturated heterocycles. The number of hydrogen-bond acceptors (Lipinski definition) is 5. The molecule has 0 amide bonds. The summed E-state index contributed by atoms with van der Waals surface area (Å²) >= 11 is 1.83. The van der Waals surface area contributed by atoms with Crippen molar-refractivity contribution in [2.75, 3.05) is 31.1 Å². The van der Waals surface area contributed by atoms with Crippen LogP contribution in [0, 0.1) is 0 Å². The van der Waals surface area contributed by atoms with Crippen molar-refractivity contribution >= 4 is 37.5 Å². The van der Waals surface area contributed by atoms with E-state index in [0.717, 1.165) is 54.0 Å². The zero-order valence-electron chi connectivity index (χ0n) is 17.8. The van der Waals surface area contributed by atoms with Crippen molar-refractivity contribution in [3.63, 3.8) is 0 Å². The number of aryl methyl sites for hydroxylation is 1. The van der Waals surface area contributed by atoms with Gasteiger partial charge >= 0.3 is 0 Å². The van der Waals surface area contributed by atoms with Gasteiger partial charge in [0.05, 0.1) is 26.5 Å². The number of H-pyrrole nitrogens is 1. The summed E-state index contributed by atoms with van der Waals surface area (Å²) in [5.74, 6) is 0. The first kappa shape index (κ1) is 19.6. The predicted octanol–water partition coefficient (Wildman–Crippen LogP) is 4.20. The van der Waals surface area contributed by atoms with Crippen LogP contribution in [-0.2, 0) is 12.6 Å². The van der Waals surface area contributed by atoms with Gasteiger partial charge in [0, 0.05) is 44.1 Å². The van der Waals surface area contributed by atoms with E-state index in [1.165, 1.54) is 15.2 Å². The van der Waals surface area contributed by atoms with Crippen LogP contribution in [0.25, 0.3) is 32.5 Å². The summed E-state index contributed by atoms with van der Waals surface area (Å²) in [5, 5.41) is 21.6. The van der Waals surface area contributed by atoms with Gasteiger partial charge in [-0.2, -0.15) is 5.10 Å². The van der Waals surface area contributed by atoms with Gasteiger partial charge in [-0.15, -0.1) is 11.3 Å². The molecule has 0 radical (unpaired) electrons. The SMILES string of the molecule is CCC(O)(CC)c1ccc2cc(-c3nn(C)c4cc(N5CCNCC5)sc34)[nH]c2c1. The average Bonchev–Trinajstić information content (AvgIpc) is 3.48. The fourth-order valence-electron chi connectivity index (χ4n) is 4.45. The molecule has 3 N–H and O–H groups in total. The minimum atomic E-state index is -0.774. The van der Waals surface area contributed by atoms with Crippen LogP contribution in [0.1, 0.15) is 32.3 Å². The van der Waals surface area contributed by atoms with Gasteiger partial charge in [-0.05, 0) is 36.6 Å². The molecule has 1 fully saturated rings. The number of aromatic amines is 1. The Hall–Kier alpha value is -2.35. The van der Waals surface area contributed by atoms with Crippen LogP contribution in [0.15, 0.2) is 30.3 Å². The summed E-state index contributed by atoms with van der Waals surface area (Å²) in [7, 11) is 2.02. The molecule has 4 aromatic rings. The maximum Gasteiger partial charge on any atom is 0.126 e. The minimum absolute atomic E-state index is 0.702. The lowest BCUT2D eigenvalue weighted by molar-refractivity contribution is 0.0285. The van der Waals surface area contributed by atoms with Gasteiger partial charge < -0.3 is 20.3 Å². The second-order valence-electron chi connectivity index (χ2n) is 8.23. The van der Waals surface area contributed by atoms with E-state index in [9.17, 15) is 5.11 Å². The Morgan fingerprint density at radius 2 is 1.90 bits per heavy atom. The van der Waals surface area contributed by atoms with Crippen molar-refractivity contribution in [2.24, 2.45) is 7.05 Å². The maximum atomic E-state index is 10.9. The van der Waals surface area contributed by atoms with Crippen molar-refractivity contribution in [3.8, 4) is 11.4 Å². The highest BCUT2D eigenvalue weighted by atomic mass is 32.1. The molecule has 3 aromatic heterocycles. The molecule has 6 nitrogen and oxygen atoms in total. The molecule has 4 heterocycles. The van der Waals surface area contributed by atoms with E-state index in [4.69, 9.17) is 5.10 Å². The number of nitrogens with zero attached hydrogens (tertiary/aromatic N) is 3. The summed E-state index contributed by atoms with van der Waals surface area (Å²) in [6, 6.07) is 10.7. The van der Waals surface area contributed by atoms with E-state index in [2.05, 4.69) is 45.5 Å². The molecule has 1 aliphatic heterocycles. The number of thiophene rings is 1.